The molecule has 0 bridgehead atoms. The highest BCUT2D eigenvalue weighted by atomic mass is 16.5. The van der Waals surface area contributed by atoms with Gasteiger partial charge in [-0.2, -0.15) is 0 Å². The lowest BCUT2D eigenvalue weighted by Crippen LogP contribution is -2.34. The summed E-state index contributed by atoms with van der Waals surface area (Å²) in [6.45, 7) is 9.04. The van der Waals surface area contributed by atoms with Gasteiger partial charge in [0.15, 0.2) is 0 Å². The van der Waals surface area contributed by atoms with Gasteiger partial charge in [0.05, 0.1) is 0 Å². The van der Waals surface area contributed by atoms with Gasteiger partial charge in [-0.15, -0.1) is 0 Å². The molecular formula is C13H27NO. The first-order valence-corrected chi connectivity index (χ1v) is 6.43. The highest BCUT2D eigenvalue weighted by molar-refractivity contribution is 4.88. The normalized spacial score (nSPS) is 33.2. The van der Waals surface area contributed by atoms with Gasteiger partial charge in [-0.3, -0.25) is 0 Å². The van der Waals surface area contributed by atoms with Crippen LogP contribution in [0.4, 0.5) is 0 Å². The molecule has 2 nitrogen and oxygen atoms in total. The summed E-state index contributed by atoms with van der Waals surface area (Å²) in [5.74, 6) is 2.36. The zero-order chi connectivity index (χ0) is 11.3. The third kappa shape index (κ3) is 3.46. The van der Waals surface area contributed by atoms with Gasteiger partial charge in [0.2, 0.25) is 0 Å². The Bertz CT molecular complexity index is 172. The van der Waals surface area contributed by atoms with Crippen molar-refractivity contribution in [2.24, 2.45) is 17.8 Å². The van der Waals surface area contributed by atoms with E-state index < -0.39 is 0 Å². The van der Waals surface area contributed by atoms with Gasteiger partial charge in [0.25, 0.3) is 0 Å². The molecule has 4 atom stereocenters. The van der Waals surface area contributed by atoms with Crippen molar-refractivity contribution < 1.29 is 4.74 Å². The molecule has 1 rings (SSSR count). The first-order valence-electron chi connectivity index (χ1n) is 6.43. The molecule has 1 aliphatic carbocycles. The van der Waals surface area contributed by atoms with Crippen LogP contribution in [0.3, 0.4) is 0 Å². The van der Waals surface area contributed by atoms with Crippen molar-refractivity contribution in [2.45, 2.75) is 46.1 Å². The molecular weight excluding hydrogens is 186 g/mol. The second kappa shape index (κ2) is 6.49. The summed E-state index contributed by atoms with van der Waals surface area (Å²) in [4.78, 5) is 0. The molecule has 1 saturated carbocycles. The average Bonchev–Trinajstić information content (AvgIpc) is 2.57. The Morgan fingerprint density at radius 1 is 1.40 bits per heavy atom. The second-order valence-electron chi connectivity index (χ2n) is 5.09. The third-order valence-corrected chi connectivity index (χ3v) is 3.94. The van der Waals surface area contributed by atoms with Crippen molar-refractivity contribution in [3.8, 4) is 0 Å². The van der Waals surface area contributed by atoms with Crippen molar-refractivity contribution in [2.75, 3.05) is 20.3 Å². The van der Waals surface area contributed by atoms with Crippen molar-refractivity contribution >= 4 is 0 Å². The molecule has 0 aliphatic heterocycles. The lowest BCUT2D eigenvalue weighted by Gasteiger charge is -2.26. The van der Waals surface area contributed by atoms with Crippen LogP contribution >= 0.6 is 0 Å². The van der Waals surface area contributed by atoms with Crippen LogP contribution < -0.4 is 5.32 Å². The molecule has 1 fully saturated rings. The van der Waals surface area contributed by atoms with Crippen LogP contribution in [0.15, 0.2) is 0 Å². The van der Waals surface area contributed by atoms with Crippen molar-refractivity contribution in [1.29, 1.82) is 0 Å². The van der Waals surface area contributed by atoms with Crippen LogP contribution in [-0.2, 0) is 4.74 Å². The Morgan fingerprint density at radius 2 is 2.13 bits per heavy atom. The maximum absolute atomic E-state index is 5.26. The predicted octanol–water partition coefficient (Wildman–Crippen LogP) is 2.68. The maximum Gasteiger partial charge on any atom is 0.0490 e. The van der Waals surface area contributed by atoms with Gasteiger partial charge in [-0.25, -0.2) is 0 Å². The predicted molar refractivity (Wildman–Crippen MR) is 65.0 cm³/mol. The van der Waals surface area contributed by atoms with E-state index in [1.165, 1.54) is 25.8 Å². The lowest BCUT2D eigenvalue weighted by atomic mass is 9.85. The summed E-state index contributed by atoms with van der Waals surface area (Å²) in [7, 11) is 1.81. The number of hydrogen-bond acceptors (Lipinski definition) is 2. The molecule has 0 heterocycles. The quantitative estimate of drug-likeness (QED) is 0.732. The first-order chi connectivity index (χ1) is 7.20. The van der Waals surface area contributed by atoms with Gasteiger partial charge in [-0.1, -0.05) is 20.8 Å². The van der Waals surface area contributed by atoms with Crippen LogP contribution in [0.2, 0.25) is 0 Å². The zero-order valence-corrected chi connectivity index (χ0v) is 10.8. The SMILES string of the molecule is CCCNC1CCC(C(C)COC)C1C. The standard InChI is InChI=1S/C13H27NO/c1-5-8-14-13-7-6-12(11(13)3)10(2)9-15-4/h10-14H,5-9H2,1-4H3. The van der Waals surface area contributed by atoms with Crippen molar-refractivity contribution in [3.05, 3.63) is 0 Å². The molecule has 0 aromatic carbocycles. The minimum absolute atomic E-state index is 0.707. The van der Waals surface area contributed by atoms with E-state index in [4.69, 9.17) is 4.74 Å². The molecule has 0 amide bonds. The molecule has 4 unspecified atom stereocenters. The third-order valence-electron chi connectivity index (χ3n) is 3.94. The van der Waals surface area contributed by atoms with E-state index in [1.807, 2.05) is 7.11 Å². The molecule has 0 aromatic heterocycles. The lowest BCUT2D eigenvalue weighted by molar-refractivity contribution is 0.115. The summed E-state index contributed by atoms with van der Waals surface area (Å²) in [5, 5.41) is 3.67. The fraction of sp³-hybridized carbons (Fsp3) is 1.00. The highest BCUT2D eigenvalue weighted by Crippen LogP contribution is 2.36. The van der Waals surface area contributed by atoms with E-state index in [2.05, 4.69) is 26.1 Å². The van der Waals surface area contributed by atoms with Crippen LogP contribution in [0.1, 0.15) is 40.0 Å². The van der Waals surface area contributed by atoms with Crippen molar-refractivity contribution in [3.63, 3.8) is 0 Å². The van der Waals surface area contributed by atoms with Crippen LogP contribution in [0.25, 0.3) is 0 Å². The monoisotopic (exact) mass is 213 g/mol. The fourth-order valence-corrected chi connectivity index (χ4v) is 3.00. The van der Waals surface area contributed by atoms with Gasteiger partial charge < -0.3 is 10.1 Å². The minimum atomic E-state index is 0.707. The summed E-state index contributed by atoms with van der Waals surface area (Å²) < 4.78 is 5.26. The van der Waals surface area contributed by atoms with Crippen LogP contribution in [0.5, 0.6) is 0 Å². The van der Waals surface area contributed by atoms with Crippen LogP contribution in [0, 0.1) is 17.8 Å². The molecule has 90 valence electrons. The maximum atomic E-state index is 5.26. The molecule has 15 heavy (non-hydrogen) atoms. The fourth-order valence-electron chi connectivity index (χ4n) is 3.00. The van der Waals surface area contributed by atoms with Gasteiger partial charge in [0, 0.05) is 19.8 Å². The minimum Gasteiger partial charge on any atom is -0.384 e. The number of rotatable bonds is 6. The molecule has 0 spiro atoms. The second-order valence-corrected chi connectivity index (χ2v) is 5.09. The Balaban J connectivity index is 2.37. The Hall–Kier alpha value is -0.0800. The smallest absolute Gasteiger partial charge is 0.0490 e. The topological polar surface area (TPSA) is 21.3 Å². The van der Waals surface area contributed by atoms with E-state index in [9.17, 15) is 0 Å². The Kier molecular flexibility index (Phi) is 5.62. The Morgan fingerprint density at radius 3 is 2.73 bits per heavy atom. The van der Waals surface area contributed by atoms with E-state index in [-0.39, 0.29) is 0 Å². The highest BCUT2D eigenvalue weighted by Gasteiger charge is 2.35. The average molecular weight is 213 g/mol. The number of methoxy groups -OCH3 is 1. The van der Waals surface area contributed by atoms with Gasteiger partial charge in [-0.05, 0) is 43.6 Å². The molecule has 0 saturated heterocycles. The molecule has 1 N–H and O–H groups in total. The molecule has 0 radical (unpaired) electrons. The van der Waals surface area contributed by atoms with E-state index in [0.29, 0.717) is 5.92 Å². The first kappa shape index (κ1) is 13.0. The van der Waals surface area contributed by atoms with Crippen molar-refractivity contribution in [1.82, 2.24) is 5.32 Å². The van der Waals surface area contributed by atoms with Gasteiger partial charge >= 0.3 is 0 Å². The zero-order valence-electron chi connectivity index (χ0n) is 10.8. The summed E-state index contributed by atoms with van der Waals surface area (Å²) in [6, 6.07) is 0.745. The van der Waals surface area contributed by atoms with E-state index in [0.717, 1.165) is 24.5 Å². The molecule has 2 heteroatoms. The van der Waals surface area contributed by atoms with E-state index >= 15 is 0 Å². The number of nitrogens with one attached hydrogen (secondary N) is 1. The largest absolute Gasteiger partial charge is 0.384 e. The van der Waals surface area contributed by atoms with E-state index in [1.54, 1.807) is 0 Å². The number of hydrogen-bond donors (Lipinski definition) is 1. The molecule has 0 aromatic rings. The van der Waals surface area contributed by atoms with Gasteiger partial charge in [0.1, 0.15) is 0 Å². The van der Waals surface area contributed by atoms with Crippen LogP contribution in [-0.4, -0.2) is 26.3 Å². The number of ether oxygens (including phenoxy) is 1. The summed E-state index contributed by atoms with van der Waals surface area (Å²) in [6.07, 6.45) is 3.95. The summed E-state index contributed by atoms with van der Waals surface area (Å²) in [5.41, 5.74) is 0. The molecule has 1 aliphatic rings. The summed E-state index contributed by atoms with van der Waals surface area (Å²) >= 11 is 0. The Labute approximate surface area is 94.8 Å².